The summed E-state index contributed by atoms with van der Waals surface area (Å²) in [5.74, 6) is 0.465. The summed E-state index contributed by atoms with van der Waals surface area (Å²) in [7, 11) is 1.95. The second-order valence-corrected chi connectivity index (χ2v) is 5.71. The van der Waals surface area contributed by atoms with Crippen LogP contribution in [0.1, 0.15) is 48.1 Å². The molecule has 1 unspecified atom stereocenters. The Morgan fingerprint density at radius 1 is 1.50 bits per heavy atom. The van der Waals surface area contributed by atoms with E-state index in [9.17, 15) is 9.59 Å². The van der Waals surface area contributed by atoms with E-state index in [-0.39, 0.29) is 17.6 Å². The van der Waals surface area contributed by atoms with Crippen LogP contribution in [0.5, 0.6) is 0 Å². The highest BCUT2D eigenvalue weighted by Gasteiger charge is 2.27. The van der Waals surface area contributed by atoms with Crippen LogP contribution in [0.3, 0.4) is 0 Å². The fourth-order valence-electron chi connectivity index (χ4n) is 3.16. The van der Waals surface area contributed by atoms with E-state index in [2.05, 4.69) is 25.6 Å². The largest absolute Gasteiger partial charge is 0.349 e. The lowest BCUT2D eigenvalue weighted by atomic mass is 9.91. The number of amides is 1. The molecule has 2 heterocycles. The highest BCUT2D eigenvalue weighted by Crippen LogP contribution is 2.31. The summed E-state index contributed by atoms with van der Waals surface area (Å²) in [4.78, 5) is 25.6. The molecule has 0 spiro atoms. The van der Waals surface area contributed by atoms with Crippen LogP contribution < -0.4 is 11.0 Å². The molecular weight excluding hydrogens is 284 g/mol. The van der Waals surface area contributed by atoms with Crippen molar-refractivity contribution in [2.75, 3.05) is 0 Å². The van der Waals surface area contributed by atoms with Crippen molar-refractivity contribution in [3.05, 3.63) is 33.3 Å². The summed E-state index contributed by atoms with van der Waals surface area (Å²) in [5.41, 5.74) is 3.01. The monoisotopic (exact) mass is 304 g/mol. The molecule has 8 heteroatoms. The van der Waals surface area contributed by atoms with Crippen LogP contribution in [0, 0.1) is 6.92 Å². The maximum absolute atomic E-state index is 12.2. The van der Waals surface area contributed by atoms with Gasteiger partial charge in [-0.05, 0) is 26.2 Å². The van der Waals surface area contributed by atoms with Gasteiger partial charge >= 0.3 is 5.69 Å². The molecule has 1 aliphatic carbocycles. The average molecular weight is 304 g/mol. The van der Waals surface area contributed by atoms with Crippen LogP contribution >= 0.6 is 0 Å². The van der Waals surface area contributed by atoms with Gasteiger partial charge in [-0.2, -0.15) is 10.2 Å². The molecule has 22 heavy (non-hydrogen) atoms. The van der Waals surface area contributed by atoms with Gasteiger partial charge in [0.15, 0.2) is 0 Å². The Bertz CT molecular complexity index is 741. The first-order valence-corrected chi connectivity index (χ1v) is 7.50. The molecule has 8 nitrogen and oxygen atoms in total. The fourth-order valence-corrected chi connectivity index (χ4v) is 3.16. The van der Waals surface area contributed by atoms with Gasteiger partial charge in [0.1, 0.15) is 5.82 Å². The number of rotatable bonds is 4. The Hall–Kier alpha value is -2.38. The molecule has 3 rings (SSSR count). The third-order valence-corrected chi connectivity index (χ3v) is 4.12. The predicted octanol–water partition coefficient (Wildman–Crippen LogP) is 0.266. The molecule has 0 radical (unpaired) electrons. The Kier molecular flexibility index (Phi) is 3.82. The summed E-state index contributed by atoms with van der Waals surface area (Å²) >= 11 is 0. The summed E-state index contributed by atoms with van der Waals surface area (Å²) in [6.07, 6.45) is 3.70. The van der Waals surface area contributed by atoms with Crippen molar-refractivity contribution in [3.8, 4) is 0 Å². The highest BCUT2D eigenvalue weighted by molar-refractivity contribution is 5.76. The van der Waals surface area contributed by atoms with Crippen LogP contribution in [0.2, 0.25) is 0 Å². The molecule has 1 amide bonds. The van der Waals surface area contributed by atoms with E-state index in [1.165, 1.54) is 5.69 Å². The molecule has 1 aliphatic rings. The molecule has 0 saturated heterocycles. The molecule has 2 aromatic heterocycles. The minimum absolute atomic E-state index is 0.0307. The number of H-pyrrole nitrogens is 2. The number of carbonyl (C=O) groups excluding carboxylic acids is 1. The fraction of sp³-hybridized carbons (Fsp3) is 0.571. The van der Waals surface area contributed by atoms with Crippen molar-refractivity contribution in [1.29, 1.82) is 0 Å². The number of hydrogen-bond donors (Lipinski definition) is 3. The number of nitrogens with zero attached hydrogens (tertiary/aromatic N) is 3. The lowest BCUT2D eigenvalue weighted by molar-refractivity contribution is -0.121. The molecule has 0 bridgehead atoms. The van der Waals surface area contributed by atoms with Crippen LogP contribution in [-0.4, -0.2) is 30.9 Å². The Morgan fingerprint density at radius 3 is 3.05 bits per heavy atom. The minimum Gasteiger partial charge on any atom is -0.349 e. The molecule has 2 aromatic rings. The molecule has 0 aliphatic heterocycles. The van der Waals surface area contributed by atoms with E-state index in [0.717, 1.165) is 30.5 Å². The first-order chi connectivity index (χ1) is 10.5. The molecule has 1 atom stereocenters. The predicted molar refractivity (Wildman–Crippen MR) is 79.3 cm³/mol. The standard InChI is InChI=1S/C14H20N6O2/c1-8-13-9(4-3-5-10(13)20(2)19-8)15-12(21)7-6-11-16-14(22)18-17-11/h9H,3-7H2,1-2H3,(H,15,21)(H2,16,17,18,22). The Morgan fingerprint density at radius 2 is 2.32 bits per heavy atom. The Balaban J connectivity index is 1.64. The van der Waals surface area contributed by atoms with Crippen molar-refractivity contribution in [1.82, 2.24) is 30.3 Å². The van der Waals surface area contributed by atoms with E-state index < -0.39 is 0 Å². The van der Waals surface area contributed by atoms with E-state index in [0.29, 0.717) is 18.7 Å². The summed E-state index contributed by atoms with van der Waals surface area (Å²) in [5, 5.41) is 13.6. The summed E-state index contributed by atoms with van der Waals surface area (Å²) < 4.78 is 1.91. The van der Waals surface area contributed by atoms with Crippen molar-refractivity contribution in [3.63, 3.8) is 0 Å². The number of nitrogens with one attached hydrogen (secondary N) is 3. The zero-order valence-corrected chi connectivity index (χ0v) is 12.8. The smallest absolute Gasteiger partial charge is 0.340 e. The Labute approximate surface area is 127 Å². The summed E-state index contributed by atoms with van der Waals surface area (Å²) in [6.45, 7) is 1.98. The number of aryl methyl sites for hydroxylation is 3. The van der Waals surface area contributed by atoms with Gasteiger partial charge in [0, 0.05) is 31.1 Å². The molecular formula is C14H20N6O2. The maximum Gasteiger partial charge on any atom is 0.340 e. The normalized spacial score (nSPS) is 17.3. The van der Waals surface area contributed by atoms with Crippen molar-refractivity contribution < 1.29 is 4.79 Å². The lowest BCUT2D eigenvalue weighted by Gasteiger charge is -2.24. The third-order valence-electron chi connectivity index (χ3n) is 4.12. The number of carbonyl (C=O) groups is 1. The van der Waals surface area contributed by atoms with Crippen molar-refractivity contribution >= 4 is 5.91 Å². The first kappa shape index (κ1) is 14.6. The number of fused-ring (bicyclic) bond motifs is 1. The van der Waals surface area contributed by atoms with E-state index >= 15 is 0 Å². The average Bonchev–Trinajstić information content (AvgIpc) is 3.02. The SMILES string of the molecule is Cc1nn(C)c2c1C(NC(=O)CCc1n[nH]c(=O)[nH]1)CCC2. The zero-order valence-electron chi connectivity index (χ0n) is 12.8. The molecule has 0 saturated carbocycles. The van der Waals surface area contributed by atoms with Gasteiger partial charge in [-0.25, -0.2) is 9.89 Å². The zero-order chi connectivity index (χ0) is 15.7. The van der Waals surface area contributed by atoms with Gasteiger partial charge in [-0.3, -0.25) is 14.5 Å². The van der Waals surface area contributed by atoms with Gasteiger partial charge < -0.3 is 5.32 Å². The second-order valence-electron chi connectivity index (χ2n) is 5.71. The highest BCUT2D eigenvalue weighted by atomic mass is 16.2. The minimum atomic E-state index is -0.349. The summed E-state index contributed by atoms with van der Waals surface area (Å²) in [6, 6.07) is 0.0307. The second kappa shape index (κ2) is 5.78. The van der Waals surface area contributed by atoms with E-state index in [4.69, 9.17) is 0 Å². The number of aromatic nitrogens is 5. The first-order valence-electron chi connectivity index (χ1n) is 7.50. The van der Waals surface area contributed by atoms with Crippen LogP contribution in [0.4, 0.5) is 0 Å². The molecule has 0 aromatic carbocycles. The van der Waals surface area contributed by atoms with Gasteiger partial charge in [-0.1, -0.05) is 0 Å². The van der Waals surface area contributed by atoms with Gasteiger partial charge in [0.25, 0.3) is 0 Å². The van der Waals surface area contributed by atoms with Crippen LogP contribution in [0.15, 0.2) is 4.79 Å². The van der Waals surface area contributed by atoms with E-state index in [1.807, 2.05) is 18.7 Å². The van der Waals surface area contributed by atoms with Crippen LogP contribution in [0.25, 0.3) is 0 Å². The molecule has 0 fully saturated rings. The number of aromatic amines is 2. The van der Waals surface area contributed by atoms with Crippen molar-refractivity contribution in [2.24, 2.45) is 7.05 Å². The van der Waals surface area contributed by atoms with Gasteiger partial charge in [0.2, 0.25) is 5.91 Å². The maximum atomic E-state index is 12.2. The lowest BCUT2D eigenvalue weighted by Crippen LogP contribution is -2.31. The van der Waals surface area contributed by atoms with Gasteiger partial charge in [0.05, 0.1) is 11.7 Å². The third kappa shape index (κ3) is 2.81. The number of hydrogen-bond acceptors (Lipinski definition) is 4. The van der Waals surface area contributed by atoms with Crippen molar-refractivity contribution in [2.45, 2.75) is 45.1 Å². The molecule has 118 valence electrons. The van der Waals surface area contributed by atoms with Crippen LogP contribution in [-0.2, 0) is 24.7 Å². The van der Waals surface area contributed by atoms with E-state index in [1.54, 1.807) is 0 Å². The topological polar surface area (TPSA) is 108 Å². The molecule has 3 N–H and O–H groups in total. The quantitative estimate of drug-likeness (QED) is 0.753. The van der Waals surface area contributed by atoms with Gasteiger partial charge in [-0.15, -0.1) is 0 Å².